The third kappa shape index (κ3) is 4.28. The number of rotatable bonds is 6. The average molecular weight is 272 g/mol. The Morgan fingerprint density at radius 1 is 1.25 bits per heavy atom. The van der Waals surface area contributed by atoms with E-state index < -0.39 is 5.97 Å². The lowest BCUT2D eigenvalue weighted by Crippen LogP contribution is -2.12. The van der Waals surface area contributed by atoms with Gasteiger partial charge < -0.3 is 14.8 Å². The highest BCUT2D eigenvalue weighted by Gasteiger charge is 2.01. The fourth-order valence-corrected chi connectivity index (χ4v) is 1.58. The van der Waals surface area contributed by atoms with Gasteiger partial charge in [-0.1, -0.05) is 12.1 Å². The van der Waals surface area contributed by atoms with E-state index >= 15 is 0 Å². The van der Waals surface area contributed by atoms with Gasteiger partial charge in [-0.25, -0.2) is 4.79 Å². The number of pyridine rings is 1. The molecular weight excluding hydrogens is 256 g/mol. The van der Waals surface area contributed by atoms with Crippen molar-refractivity contribution in [2.45, 2.75) is 6.54 Å². The Bertz CT molecular complexity index is 541. The first-order chi connectivity index (χ1) is 9.78. The van der Waals surface area contributed by atoms with Crippen molar-refractivity contribution < 1.29 is 14.3 Å². The zero-order valence-corrected chi connectivity index (χ0v) is 11.2. The van der Waals surface area contributed by atoms with Crippen LogP contribution in [-0.4, -0.2) is 24.7 Å². The molecule has 2 rings (SSSR count). The topological polar surface area (TPSA) is 60.5 Å². The monoisotopic (exact) mass is 272 g/mol. The van der Waals surface area contributed by atoms with Gasteiger partial charge in [0.05, 0.1) is 12.8 Å². The molecule has 0 bridgehead atoms. The zero-order valence-electron chi connectivity index (χ0n) is 11.2. The Morgan fingerprint density at radius 2 is 2.05 bits per heavy atom. The van der Waals surface area contributed by atoms with Crippen LogP contribution in [0.2, 0.25) is 0 Å². The zero-order chi connectivity index (χ0) is 14.2. The second-order valence-electron chi connectivity index (χ2n) is 4.10. The van der Waals surface area contributed by atoms with Crippen LogP contribution >= 0.6 is 0 Å². The van der Waals surface area contributed by atoms with Gasteiger partial charge in [0.1, 0.15) is 5.75 Å². The lowest BCUT2D eigenvalue weighted by molar-refractivity contribution is -0.142. The molecule has 0 aliphatic heterocycles. The van der Waals surface area contributed by atoms with Gasteiger partial charge in [-0.3, -0.25) is 4.98 Å². The number of carbonyl (C=O) groups is 1. The average Bonchev–Trinajstić information content (AvgIpc) is 2.52. The normalized spacial score (nSPS) is 9.85. The summed E-state index contributed by atoms with van der Waals surface area (Å²) in [4.78, 5) is 15.0. The van der Waals surface area contributed by atoms with E-state index in [1.54, 1.807) is 12.4 Å². The number of aromatic nitrogens is 1. The molecule has 1 heterocycles. The van der Waals surface area contributed by atoms with Crippen LogP contribution in [-0.2, 0) is 16.1 Å². The van der Waals surface area contributed by atoms with Crippen molar-refractivity contribution in [2.24, 2.45) is 0 Å². The first kappa shape index (κ1) is 13.9. The van der Waals surface area contributed by atoms with Crippen LogP contribution in [0.15, 0.2) is 48.8 Å². The molecule has 1 aromatic heterocycles. The van der Waals surface area contributed by atoms with E-state index in [1.165, 1.54) is 7.11 Å². The predicted octanol–water partition coefficient (Wildman–Crippen LogP) is 2.25. The van der Waals surface area contributed by atoms with E-state index in [1.807, 2.05) is 36.4 Å². The largest absolute Gasteiger partial charge is 0.482 e. The summed E-state index contributed by atoms with van der Waals surface area (Å²) in [5.41, 5.74) is 2.08. The molecule has 104 valence electrons. The molecule has 0 atom stereocenters. The molecule has 5 heteroatoms. The van der Waals surface area contributed by atoms with Gasteiger partial charge in [0.2, 0.25) is 0 Å². The maximum Gasteiger partial charge on any atom is 0.343 e. The molecular formula is C15H16N2O3. The van der Waals surface area contributed by atoms with Crippen molar-refractivity contribution in [1.82, 2.24) is 4.98 Å². The molecule has 20 heavy (non-hydrogen) atoms. The van der Waals surface area contributed by atoms with Crippen LogP contribution < -0.4 is 10.1 Å². The van der Waals surface area contributed by atoms with Crippen LogP contribution in [0.4, 0.5) is 5.69 Å². The molecule has 0 fully saturated rings. The van der Waals surface area contributed by atoms with E-state index in [0.29, 0.717) is 12.3 Å². The van der Waals surface area contributed by atoms with E-state index in [0.717, 1.165) is 11.3 Å². The van der Waals surface area contributed by atoms with Gasteiger partial charge in [-0.05, 0) is 29.8 Å². The predicted molar refractivity (Wildman–Crippen MR) is 75.5 cm³/mol. The third-order valence-corrected chi connectivity index (χ3v) is 2.67. The summed E-state index contributed by atoms with van der Waals surface area (Å²) in [5, 5.41) is 3.26. The Kier molecular flexibility index (Phi) is 4.94. The lowest BCUT2D eigenvalue weighted by atomic mass is 10.2. The maximum absolute atomic E-state index is 10.9. The second kappa shape index (κ2) is 7.13. The molecule has 0 amide bonds. The van der Waals surface area contributed by atoms with Crippen molar-refractivity contribution in [1.29, 1.82) is 0 Å². The number of carbonyl (C=O) groups excluding carboxylic acids is 1. The van der Waals surface area contributed by atoms with Crippen LogP contribution in [0, 0.1) is 0 Å². The quantitative estimate of drug-likeness (QED) is 0.817. The van der Waals surface area contributed by atoms with Crippen LogP contribution in [0.25, 0.3) is 0 Å². The SMILES string of the molecule is COC(=O)COc1ccc(CNc2cccnc2)cc1. The smallest absolute Gasteiger partial charge is 0.343 e. The maximum atomic E-state index is 10.9. The second-order valence-corrected chi connectivity index (χ2v) is 4.10. The molecule has 0 aliphatic carbocycles. The van der Waals surface area contributed by atoms with E-state index in [4.69, 9.17) is 4.74 Å². The number of ether oxygens (including phenoxy) is 2. The summed E-state index contributed by atoms with van der Waals surface area (Å²) < 4.78 is 9.77. The molecule has 0 aliphatic rings. The molecule has 0 saturated carbocycles. The van der Waals surface area contributed by atoms with Crippen LogP contribution in [0.5, 0.6) is 5.75 Å². The Labute approximate surface area is 117 Å². The number of esters is 1. The van der Waals surface area contributed by atoms with Crippen molar-refractivity contribution >= 4 is 11.7 Å². The molecule has 0 radical (unpaired) electrons. The van der Waals surface area contributed by atoms with Crippen molar-refractivity contribution in [3.05, 3.63) is 54.4 Å². The molecule has 2 aromatic rings. The fourth-order valence-electron chi connectivity index (χ4n) is 1.58. The summed E-state index contributed by atoms with van der Waals surface area (Å²) in [7, 11) is 1.33. The van der Waals surface area contributed by atoms with Crippen LogP contribution in [0.3, 0.4) is 0 Å². The van der Waals surface area contributed by atoms with Crippen molar-refractivity contribution in [3.63, 3.8) is 0 Å². The molecule has 1 aromatic carbocycles. The molecule has 0 saturated heterocycles. The highest BCUT2D eigenvalue weighted by atomic mass is 16.6. The number of hydrogen-bond donors (Lipinski definition) is 1. The first-order valence-corrected chi connectivity index (χ1v) is 6.20. The highest BCUT2D eigenvalue weighted by Crippen LogP contribution is 2.13. The molecule has 1 N–H and O–H groups in total. The van der Waals surface area contributed by atoms with Gasteiger partial charge in [0, 0.05) is 18.9 Å². The highest BCUT2D eigenvalue weighted by molar-refractivity contribution is 5.70. The number of methoxy groups -OCH3 is 1. The minimum Gasteiger partial charge on any atom is -0.482 e. The minimum atomic E-state index is -0.396. The Morgan fingerprint density at radius 3 is 2.70 bits per heavy atom. The molecule has 0 spiro atoms. The molecule has 0 unspecified atom stereocenters. The van der Waals surface area contributed by atoms with Gasteiger partial charge in [0.25, 0.3) is 0 Å². The Hall–Kier alpha value is -2.56. The summed E-state index contributed by atoms with van der Waals surface area (Å²) >= 11 is 0. The van der Waals surface area contributed by atoms with Gasteiger partial charge in [-0.2, -0.15) is 0 Å². The Balaban J connectivity index is 1.84. The van der Waals surface area contributed by atoms with Gasteiger partial charge in [-0.15, -0.1) is 0 Å². The third-order valence-electron chi connectivity index (χ3n) is 2.67. The first-order valence-electron chi connectivity index (χ1n) is 6.20. The summed E-state index contributed by atoms with van der Waals surface area (Å²) in [5.74, 6) is 0.243. The number of anilines is 1. The lowest BCUT2D eigenvalue weighted by Gasteiger charge is -2.08. The summed E-state index contributed by atoms with van der Waals surface area (Å²) in [6, 6.07) is 11.4. The van der Waals surface area contributed by atoms with E-state index in [9.17, 15) is 4.79 Å². The number of benzene rings is 1. The standard InChI is InChI=1S/C15H16N2O3/c1-19-15(18)11-20-14-6-4-12(5-7-14)9-17-13-3-2-8-16-10-13/h2-8,10,17H,9,11H2,1H3. The number of hydrogen-bond acceptors (Lipinski definition) is 5. The van der Waals surface area contributed by atoms with Gasteiger partial charge >= 0.3 is 5.97 Å². The summed E-state index contributed by atoms with van der Waals surface area (Å²) in [6.45, 7) is 0.618. The van der Waals surface area contributed by atoms with Crippen LogP contribution in [0.1, 0.15) is 5.56 Å². The fraction of sp³-hybridized carbons (Fsp3) is 0.200. The minimum absolute atomic E-state index is 0.0796. The van der Waals surface area contributed by atoms with Crippen molar-refractivity contribution in [2.75, 3.05) is 19.0 Å². The summed E-state index contributed by atoms with van der Waals surface area (Å²) in [6.07, 6.45) is 3.51. The van der Waals surface area contributed by atoms with Gasteiger partial charge in [0.15, 0.2) is 6.61 Å². The van der Waals surface area contributed by atoms with E-state index in [-0.39, 0.29) is 6.61 Å². The molecule has 5 nitrogen and oxygen atoms in total. The van der Waals surface area contributed by atoms with Crippen molar-refractivity contribution in [3.8, 4) is 5.75 Å². The number of nitrogens with one attached hydrogen (secondary N) is 1. The number of nitrogens with zero attached hydrogens (tertiary/aromatic N) is 1. The van der Waals surface area contributed by atoms with E-state index in [2.05, 4.69) is 15.0 Å².